The van der Waals surface area contributed by atoms with Crippen molar-refractivity contribution in [2.75, 3.05) is 20.2 Å². The molecular formula is C15H15N3O2. The van der Waals surface area contributed by atoms with Gasteiger partial charge in [-0.3, -0.25) is 9.89 Å². The van der Waals surface area contributed by atoms with Gasteiger partial charge in [-0.2, -0.15) is 5.10 Å². The number of rotatable bonds is 3. The standard InChI is InChI=1S/C15H15N3O2/c1-20-14-7-3-2-6-11(14)12-10-13(17-16-12)15(19)18-8-4-5-9-18/h2-7,10H,8-9H2,1H3,(H,16,17). The molecule has 0 unspecified atom stereocenters. The van der Waals surface area contributed by atoms with E-state index in [0.717, 1.165) is 11.3 Å². The molecule has 0 aliphatic carbocycles. The minimum atomic E-state index is -0.0383. The monoisotopic (exact) mass is 269 g/mol. The molecule has 0 spiro atoms. The maximum Gasteiger partial charge on any atom is 0.272 e. The Morgan fingerprint density at radius 1 is 1.30 bits per heavy atom. The second kappa shape index (κ2) is 5.21. The lowest BCUT2D eigenvalue weighted by molar-refractivity contribution is 0.0794. The molecule has 0 radical (unpaired) electrons. The molecule has 2 aromatic rings. The summed E-state index contributed by atoms with van der Waals surface area (Å²) in [6.45, 7) is 1.31. The van der Waals surface area contributed by atoms with E-state index in [-0.39, 0.29) is 5.91 Å². The first-order valence-corrected chi connectivity index (χ1v) is 6.42. The van der Waals surface area contributed by atoms with Crippen LogP contribution in [0.5, 0.6) is 5.75 Å². The molecule has 1 aliphatic heterocycles. The van der Waals surface area contributed by atoms with Gasteiger partial charge in [0.2, 0.25) is 0 Å². The quantitative estimate of drug-likeness (QED) is 0.868. The van der Waals surface area contributed by atoms with Crippen molar-refractivity contribution in [3.05, 3.63) is 48.2 Å². The predicted molar refractivity (Wildman–Crippen MR) is 75.6 cm³/mol. The van der Waals surface area contributed by atoms with Gasteiger partial charge < -0.3 is 9.64 Å². The summed E-state index contributed by atoms with van der Waals surface area (Å²) in [5.74, 6) is 0.699. The van der Waals surface area contributed by atoms with Crippen molar-refractivity contribution in [3.63, 3.8) is 0 Å². The summed E-state index contributed by atoms with van der Waals surface area (Å²) >= 11 is 0. The zero-order valence-electron chi connectivity index (χ0n) is 11.2. The van der Waals surface area contributed by atoms with E-state index in [1.54, 1.807) is 18.1 Å². The molecule has 0 fully saturated rings. The van der Waals surface area contributed by atoms with Gasteiger partial charge in [0.1, 0.15) is 11.4 Å². The Morgan fingerprint density at radius 2 is 2.05 bits per heavy atom. The van der Waals surface area contributed by atoms with Crippen molar-refractivity contribution in [1.29, 1.82) is 0 Å². The molecule has 1 aromatic carbocycles. The van der Waals surface area contributed by atoms with Crippen molar-refractivity contribution in [3.8, 4) is 17.0 Å². The number of para-hydroxylation sites is 1. The molecular weight excluding hydrogens is 254 g/mol. The summed E-state index contributed by atoms with van der Waals surface area (Å²) in [6, 6.07) is 9.37. The number of nitrogens with zero attached hydrogens (tertiary/aromatic N) is 2. The van der Waals surface area contributed by atoms with Crippen LogP contribution in [0.4, 0.5) is 0 Å². The summed E-state index contributed by atoms with van der Waals surface area (Å²) < 4.78 is 5.31. The number of hydrogen-bond donors (Lipinski definition) is 1. The second-order valence-electron chi connectivity index (χ2n) is 4.55. The minimum absolute atomic E-state index is 0.0383. The number of benzene rings is 1. The third-order valence-corrected chi connectivity index (χ3v) is 3.30. The zero-order valence-corrected chi connectivity index (χ0v) is 11.2. The van der Waals surface area contributed by atoms with Crippen LogP contribution in [0.15, 0.2) is 42.5 Å². The average molecular weight is 269 g/mol. The van der Waals surface area contributed by atoms with E-state index in [0.29, 0.717) is 24.5 Å². The van der Waals surface area contributed by atoms with E-state index in [1.807, 2.05) is 36.4 Å². The van der Waals surface area contributed by atoms with Gasteiger partial charge in [0, 0.05) is 18.7 Å². The molecule has 5 nitrogen and oxygen atoms in total. The highest BCUT2D eigenvalue weighted by molar-refractivity contribution is 5.94. The third kappa shape index (κ3) is 2.18. The summed E-state index contributed by atoms with van der Waals surface area (Å²) in [6.07, 6.45) is 3.96. The number of nitrogens with one attached hydrogen (secondary N) is 1. The lowest BCUT2D eigenvalue weighted by Gasteiger charge is -2.13. The molecule has 5 heteroatoms. The number of aromatic nitrogens is 2. The summed E-state index contributed by atoms with van der Waals surface area (Å²) in [5, 5.41) is 7.02. The van der Waals surface area contributed by atoms with E-state index in [2.05, 4.69) is 10.2 Å². The molecule has 0 bridgehead atoms. The van der Waals surface area contributed by atoms with Gasteiger partial charge in [-0.05, 0) is 18.2 Å². The molecule has 0 atom stereocenters. The van der Waals surface area contributed by atoms with Gasteiger partial charge >= 0.3 is 0 Å². The maximum absolute atomic E-state index is 12.2. The van der Waals surface area contributed by atoms with Crippen LogP contribution in [0.1, 0.15) is 10.5 Å². The van der Waals surface area contributed by atoms with Crippen LogP contribution in [0.25, 0.3) is 11.3 Å². The van der Waals surface area contributed by atoms with Gasteiger partial charge in [-0.25, -0.2) is 0 Å². The highest BCUT2D eigenvalue weighted by atomic mass is 16.5. The molecule has 102 valence electrons. The molecule has 1 aliphatic rings. The van der Waals surface area contributed by atoms with Gasteiger partial charge in [-0.15, -0.1) is 0 Å². The van der Waals surface area contributed by atoms with Crippen molar-refractivity contribution >= 4 is 5.91 Å². The Kier molecular flexibility index (Phi) is 3.25. The maximum atomic E-state index is 12.2. The van der Waals surface area contributed by atoms with Crippen molar-refractivity contribution in [2.45, 2.75) is 0 Å². The Bertz CT molecular complexity index is 653. The molecule has 0 saturated carbocycles. The summed E-state index contributed by atoms with van der Waals surface area (Å²) in [5.41, 5.74) is 2.07. The smallest absolute Gasteiger partial charge is 0.272 e. The normalized spacial score (nSPS) is 13.8. The Labute approximate surface area is 116 Å². The van der Waals surface area contributed by atoms with Crippen LogP contribution in [-0.4, -0.2) is 41.2 Å². The van der Waals surface area contributed by atoms with Gasteiger partial charge in [-0.1, -0.05) is 24.3 Å². The van der Waals surface area contributed by atoms with Crippen LogP contribution < -0.4 is 4.74 Å². The van der Waals surface area contributed by atoms with Crippen molar-refractivity contribution in [2.24, 2.45) is 0 Å². The Hall–Kier alpha value is -2.56. The van der Waals surface area contributed by atoms with E-state index < -0.39 is 0 Å². The number of carbonyl (C=O) groups excluding carboxylic acids is 1. The minimum Gasteiger partial charge on any atom is -0.496 e. The van der Waals surface area contributed by atoms with Crippen LogP contribution in [-0.2, 0) is 0 Å². The molecule has 1 N–H and O–H groups in total. The summed E-state index contributed by atoms with van der Waals surface area (Å²) in [4.78, 5) is 14.0. The number of methoxy groups -OCH3 is 1. The van der Waals surface area contributed by atoms with Crippen LogP contribution in [0.2, 0.25) is 0 Å². The first-order chi connectivity index (χ1) is 9.79. The van der Waals surface area contributed by atoms with E-state index in [1.165, 1.54) is 0 Å². The molecule has 1 amide bonds. The third-order valence-electron chi connectivity index (χ3n) is 3.30. The molecule has 2 heterocycles. The van der Waals surface area contributed by atoms with E-state index >= 15 is 0 Å². The fraction of sp³-hybridized carbons (Fsp3) is 0.200. The average Bonchev–Trinajstić information content (AvgIpc) is 3.18. The lowest BCUT2D eigenvalue weighted by Crippen LogP contribution is -2.28. The lowest BCUT2D eigenvalue weighted by atomic mass is 10.1. The van der Waals surface area contributed by atoms with Crippen LogP contribution >= 0.6 is 0 Å². The Morgan fingerprint density at radius 3 is 2.80 bits per heavy atom. The highest BCUT2D eigenvalue weighted by Gasteiger charge is 2.19. The number of carbonyl (C=O) groups is 1. The van der Waals surface area contributed by atoms with Gasteiger partial charge in [0.05, 0.1) is 12.8 Å². The topological polar surface area (TPSA) is 58.2 Å². The first-order valence-electron chi connectivity index (χ1n) is 6.42. The first kappa shape index (κ1) is 12.5. The second-order valence-corrected chi connectivity index (χ2v) is 4.55. The number of ether oxygens (including phenoxy) is 1. The highest BCUT2D eigenvalue weighted by Crippen LogP contribution is 2.28. The molecule has 1 aromatic heterocycles. The van der Waals surface area contributed by atoms with Gasteiger partial charge in [0.15, 0.2) is 0 Å². The van der Waals surface area contributed by atoms with Crippen LogP contribution in [0, 0.1) is 0 Å². The van der Waals surface area contributed by atoms with E-state index in [4.69, 9.17) is 4.74 Å². The summed E-state index contributed by atoms with van der Waals surface area (Å²) in [7, 11) is 1.62. The molecule has 3 rings (SSSR count). The number of amides is 1. The number of H-pyrrole nitrogens is 1. The zero-order chi connectivity index (χ0) is 13.9. The largest absolute Gasteiger partial charge is 0.496 e. The van der Waals surface area contributed by atoms with E-state index in [9.17, 15) is 4.79 Å². The number of aromatic amines is 1. The predicted octanol–water partition coefficient (Wildman–Crippen LogP) is 2.10. The van der Waals surface area contributed by atoms with Crippen molar-refractivity contribution < 1.29 is 9.53 Å². The Balaban J connectivity index is 1.88. The molecule has 0 saturated heterocycles. The fourth-order valence-corrected chi connectivity index (χ4v) is 2.24. The SMILES string of the molecule is COc1ccccc1-c1cc(C(=O)N2CC=CC2)[nH]n1. The molecule has 20 heavy (non-hydrogen) atoms. The van der Waals surface area contributed by atoms with Crippen molar-refractivity contribution in [1.82, 2.24) is 15.1 Å². The van der Waals surface area contributed by atoms with Gasteiger partial charge in [0.25, 0.3) is 5.91 Å². The fourth-order valence-electron chi connectivity index (χ4n) is 2.24. The number of hydrogen-bond acceptors (Lipinski definition) is 3. The van der Waals surface area contributed by atoms with Crippen LogP contribution in [0.3, 0.4) is 0 Å².